The number of hydrogen-bond acceptors (Lipinski definition) is 1. The number of aryl methyl sites for hydroxylation is 2. The summed E-state index contributed by atoms with van der Waals surface area (Å²) in [4.78, 5) is 0. The molecule has 0 aliphatic carbocycles. The SMILES string of the molecule is CCc1ccc(C(N)c2ccccc2Br)cc1CC. The summed E-state index contributed by atoms with van der Waals surface area (Å²) >= 11 is 3.58. The first kappa shape index (κ1) is 14.3. The Kier molecular flexibility index (Phi) is 4.78. The normalized spacial score (nSPS) is 12.4. The van der Waals surface area contributed by atoms with Gasteiger partial charge in [-0.25, -0.2) is 0 Å². The highest BCUT2D eigenvalue weighted by Crippen LogP contribution is 2.28. The summed E-state index contributed by atoms with van der Waals surface area (Å²) in [5.41, 5.74) is 11.5. The van der Waals surface area contributed by atoms with E-state index in [2.05, 4.69) is 54.0 Å². The standard InChI is InChI=1S/C17H20BrN/c1-3-12-9-10-14(11-13(12)4-2)17(19)15-7-5-6-8-16(15)18/h5-11,17H,3-4,19H2,1-2H3. The lowest BCUT2D eigenvalue weighted by Crippen LogP contribution is -2.13. The first-order valence-electron chi connectivity index (χ1n) is 6.79. The van der Waals surface area contributed by atoms with Crippen molar-refractivity contribution in [2.75, 3.05) is 0 Å². The summed E-state index contributed by atoms with van der Waals surface area (Å²) in [6, 6.07) is 14.7. The van der Waals surface area contributed by atoms with Crippen molar-refractivity contribution < 1.29 is 0 Å². The molecule has 0 saturated carbocycles. The van der Waals surface area contributed by atoms with Gasteiger partial charge in [0.25, 0.3) is 0 Å². The van der Waals surface area contributed by atoms with Crippen molar-refractivity contribution in [1.29, 1.82) is 0 Å². The summed E-state index contributed by atoms with van der Waals surface area (Å²) in [6.45, 7) is 4.39. The summed E-state index contributed by atoms with van der Waals surface area (Å²) in [5.74, 6) is 0. The van der Waals surface area contributed by atoms with Crippen molar-refractivity contribution in [3.8, 4) is 0 Å². The van der Waals surface area contributed by atoms with Gasteiger partial charge in [-0.3, -0.25) is 0 Å². The van der Waals surface area contributed by atoms with Gasteiger partial charge in [-0.2, -0.15) is 0 Å². The van der Waals surface area contributed by atoms with Crippen LogP contribution in [0.4, 0.5) is 0 Å². The molecule has 0 bridgehead atoms. The molecule has 0 fully saturated rings. The molecule has 2 heteroatoms. The number of rotatable bonds is 4. The molecule has 2 aromatic carbocycles. The second-order valence-corrected chi connectivity index (χ2v) is 5.59. The van der Waals surface area contributed by atoms with Crippen LogP contribution in [0.1, 0.15) is 42.1 Å². The Morgan fingerprint density at radius 2 is 1.68 bits per heavy atom. The van der Waals surface area contributed by atoms with E-state index in [9.17, 15) is 0 Å². The molecule has 0 aliphatic heterocycles. The zero-order valence-electron chi connectivity index (χ0n) is 11.5. The first-order chi connectivity index (χ1) is 9.17. The Bertz CT molecular complexity index is 563. The molecule has 0 aromatic heterocycles. The molecule has 2 N–H and O–H groups in total. The van der Waals surface area contributed by atoms with Crippen LogP contribution in [0.25, 0.3) is 0 Å². The topological polar surface area (TPSA) is 26.0 Å². The van der Waals surface area contributed by atoms with Gasteiger partial charge in [-0.15, -0.1) is 0 Å². The molecule has 1 unspecified atom stereocenters. The monoisotopic (exact) mass is 317 g/mol. The van der Waals surface area contributed by atoms with Crippen molar-refractivity contribution >= 4 is 15.9 Å². The third-order valence-corrected chi connectivity index (χ3v) is 4.31. The molecule has 0 heterocycles. The van der Waals surface area contributed by atoms with E-state index in [-0.39, 0.29) is 6.04 Å². The summed E-state index contributed by atoms with van der Waals surface area (Å²) in [6.07, 6.45) is 2.13. The van der Waals surface area contributed by atoms with E-state index >= 15 is 0 Å². The van der Waals surface area contributed by atoms with Gasteiger partial charge in [-0.1, -0.05) is 66.2 Å². The highest BCUT2D eigenvalue weighted by atomic mass is 79.9. The molecule has 0 radical (unpaired) electrons. The summed E-state index contributed by atoms with van der Waals surface area (Å²) < 4.78 is 1.07. The molecular weight excluding hydrogens is 298 g/mol. The van der Waals surface area contributed by atoms with Gasteiger partial charge in [0.15, 0.2) is 0 Å². The van der Waals surface area contributed by atoms with Gasteiger partial charge in [0.05, 0.1) is 6.04 Å². The Hall–Kier alpha value is -1.12. The van der Waals surface area contributed by atoms with E-state index in [1.165, 1.54) is 16.7 Å². The fourth-order valence-electron chi connectivity index (χ4n) is 2.42. The highest BCUT2D eigenvalue weighted by molar-refractivity contribution is 9.10. The fraction of sp³-hybridized carbons (Fsp3) is 0.294. The smallest absolute Gasteiger partial charge is 0.0562 e. The van der Waals surface area contributed by atoms with Gasteiger partial charge in [0.2, 0.25) is 0 Å². The first-order valence-corrected chi connectivity index (χ1v) is 7.58. The lowest BCUT2D eigenvalue weighted by Gasteiger charge is -2.17. The van der Waals surface area contributed by atoms with Crippen LogP contribution in [0.3, 0.4) is 0 Å². The third-order valence-electron chi connectivity index (χ3n) is 3.59. The maximum absolute atomic E-state index is 6.40. The molecule has 1 atom stereocenters. The quantitative estimate of drug-likeness (QED) is 0.874. The highest BCUT2D eigenvalue weighted by Gasteiger charge is 2.13. The predicted octanol–water partition coefficient (Wildman–Crippen LogP) is 4.62. The van der Waals surface area contributed by atoms with Crippen LogP contribution in [0.2, 0.25) is 0 Å². The van der Waals surface area contributed by atoms with Crippen molar-refractivity contribution in [1.82, 2.24) is 0 Å². The molecule has 0 aliphatic rings. The Morgan fingerprint density at radius 1 is 1.00 bits per heavy atom. The van der Waals surface area contributed by atoms with E-state index in [1.54, 1.807) is 0 Å². The van der Waals surface area contributed by atoms with E-state index in [0.717, 1.165) is 22.9 Å². The third kappa shape index (κ3) is 3.07. The molecule has 0 spiro atoms. The van der Waals surface area contributed by atoms with E-state index < -0.39 is 0 Å². The van der Waals surface area contributed by atoms with Gasteiger partial charge in [0, 0.05) is 4.47 Å². The van der Waals surface area contributed by atoms with Gasteiger partial charge in [0.1, 0.15) is 0 Å². The van der Waals surface area contributed by atoms with Gasteiger partial charge < -0.3 is 5.73 Å². The van der Waals surface area contributed by atoms with Crippen molar-refractivity contribution in [2.24, 2.45) is 5.73 Å². The Labute approximate surface area is 124 Å². The lowest BCUT2D eigenvalue weighted by atomic mass is 9.94. The predicted molar refractivity (Wildman–Crippen MR) is 85.4 cm³/mol. The van der Waals surface area contributed by atoms with Crippen molar-refractivity contribution in [3.05, 3.63) is 69.2 Å². The van der Waals surface area contributed by atoms with Crippen molar-refractivity contribution in [3.63, 3.8) is 0 Å². The molecule has 0 amide bonds. The van der Waals surface area contributed by atoms with Crippen LogP contribution in [0.15, 0.2) is 46.9 Å². The molecule has 1 nitrogen and oxygen atoms in total. The van der Waals surface area contributed by atoms with Gasteiger partial charge >= 0.3 is 0 Å². The minimum absolute atomic E-state index is 0.0771. The van der Waals surface area contributed by atoms with Crippen molar-refractivity contribution in [2.45, 2.75) is 32.7 Å². The van der Waals surface area contributed by atoms with Crippen LogP contribution in [0, 0.1) is 0 Å². The van der Waals surface area contributed by atoms with Crippen LogP contribution in [-0.2, 0) is 12.8 Å². The number of benzene rings is 2. The molecule has 100 valence electrons. The maximum Gasteiger partial charge on any atom is 0.0562 e. The van der Waals surface area contributed by atoms with Crippen LogP contribution in [-0.4, -0.2) is 0 Å². The summed E-state index contributed by atoms with van der Waals surface area (Å²) in [5, 5.41) is 0. The molecule has 2 aromatic rings. The van der Waals surface area contributed by atoms with E-state index in [0.29, 0.717) is 0 Å². The average Bonchev–Trinajstić information content (AvgIpc) is 2.46. The van der Waals surface area contributed by atoms with E-state index in [4.69, 9.17) is 5.73 Å². The Morgan fingerprint density at radius 3 is 2.32 bits per heavy atom. The maximum atomic E-state index is 6.40. The van der Waals surface area contributed by atoms with Gasteiger partial charge in [-0.05, 0) is 41.2 Å². The number of hydrogen-bond donors (Lipinski definition) is 1. The minimum atomic E-state index is -0.0771. The van der Waals surface area contributed by atoms with E-state index in [1.807, 2.05) is 18.2 Å². The second kappa shape index (κ2) is 6.36. The molecule has 2 rings (SSSR count). The number of halogens is 1. The van der Waals surface area contributed by atoms with Crippen LogP contribution >= 0.6 is 15.9 Å². The van der Waals surface area contributed by atoms with Crippen LogP contribution in [0.5, 0.6) is 0 Å². The molecular formula is C17H20BrN. The fourth-order valence-corrected chi connectivity index (χ4v) is 2.95. The summed E-state index contributed by atoms with van der Waals surface area (Å²) in [7, 11) is 0. The van der Waals surface area contributed by atoms with Crippen LogP contribution < -0.4 is 5.73 Å². The zero-order valence-corrected chi connectivity index (χ0v) is 13.1. The second-order valence-electron chi connectivity index (χ2n) is 4.73. The molecule has 0 saturated heterocycles. The minimum Gasteiger partial charge on any atom is -0.320 e. The average molecular weight is 318 g/mol. The lowest BCUT2D eigenvalue weighted by molar-refractivity contribution is 0.858. The Balaban J connectivity index is 2.39. The number of nitrogens with two attached hydrogens (primary N) is 1. The largest absolute Gasteiger partial charge is 0.320 e. The molecule has 19 heavy (non-hydrogen) atoms. The zero-order chi connectivity index (χ0) is 13.8.